The first kappa shape index (κ1) is 33.0. The molecule has 0 saturated carbocycles. The van der Waals surface area contributed by atoms with Gasteiger partial charge in [-0.15, -0.1) is 0 Å². The zero-order chi connectivity index (χ0) is 2.00. The van der Waals surface area contributed by atoms with Crippen LogP contribution < -0.4 is 0 Å². The molecule has 2 heteroatoms. The second-order valence-electron chi connectivity index (χ2n) is 0. The third-order valence-corrected chi connectivity index (χ3v) is 0. The van der Waals surface area contributed by atoms with Crippen molar-refractivity contribution in [1.82, 2.24) is 0 Å². The van der Waals surface area contributed by atoms with Gasteiger partial charge in [-0.1, -0.05) is 0 Å². The largest absolute Gasteiger partial charge is 0.358 e. The minimum absolute atomic E-state index is 0. The summed E-state index contributed by atoms with van der Waals surface area (Å²) in [6.45, 7) is 5.00. The van der Waals surface area contributed by atoms with E-state index in [-0.39, 0.29) is 48.7 Å². The topological polar surface area (TPSA) is 0 Å². The summed E-state index contributed by atoms with van der Waals surface area (Å²) in [6, 6.07) is 0. The monoisotopic (exact) mass is 248 g/mol. The van der Waals surface area contributed by atoms with Crippen LogP contribution in [-0.4, -0.2) is 18.9 Å². The van der Waals surface area contributed by atoms with Crippen molar-refractivity contribution < 1.29 is 22.4 Å². The first-order valence-electron chi connectivity index (χ1n) is 0.707. The summed E-state index contributed by atoms with van der Waals surface area (Å²) in [5.74, 6) is 0. The van der Waals surface area contributed by atoms with Crippen LogP contribution in [0.25, 0.3) is 0 Å². The molecule has 0 unspecified atom stereocenters. The van der Waals surface area contributed by atoms with Gasteiger partial charge in [-0.2, -0.15) is 6.92 Å². The zero-order valence-corrected chi connectivity index (χ0v) is 6.18. The maximum Gasteiger partial charge on any atom is 0 e. The Morgan fingerprint density at radius 3 is 1.20 bits per heavy atom. The second-order valence-corrected chi connectivity index (χ2v) is 0. The molecule has 0 aromatic heterocycles. The maximum atomic E-state index is 3.25. The van der Waals surface area contributed by atoms with Crippen molar-refractivity contribution in [1.29, 1.82) is 0 Å². The summed E-state index contributed by atoms with van der Waals surface area (Å²) in [4.78, 5) is 0. The van der Waals surface area contributed by atoms with Crippen LogP contribution in [-0.2, 0) is 22.4 Å². The molecule has 0 aliphatic rings. The fourth-order valence-corrected chi connectivity index (χ4v) is 0. The van der Waals surface area contributed by atoms with Gasteiger partial charge in [0.05, 0.1) is 0 Å². The Hall–Kier alpha value is 1.34. The predicted molar refractivity (Wildman–Crippen MR) is 23.2 cm³/mol. The molecular formula is C3H8AuLi-2. The molecule has 2 radical (unpaired) electrons. The molecule has 0 aromatic carbocycles. The normalized spacial score (nSPS) is 1.20. The van der Waals surface area contributed by atoms with Crippen molar-refractivity contribution in [3.63, 3.8) is 0 Å². The third-order valence-electron chi connectivity index (χ3n) is 0. The van der Waals surface area contributed by atoms with Crippen molar-refractivity contribution in [3.05, 3.63) is 14.4 Å². The van der Waals surface area contributed by atoms with Crippen LogP contribution in [0.15, 0.2) is 0 Å². The first-order chi connectivity index (χ1) is 1.00. The van der Waals surface area contributed by atoms with E-state index in [0.29, 0.717) is 0 Å². The van der Waals surface area contributed by atoms with Crippen molar-refractivity contribution in [2.24, 2.45) is 0 Å². The van der Waals surface area contributed by atoms with Gasteiger partial charge in [0.15, 0.2) is 0 Å². The van der Waals surface area contributed by atoms with E-state index in [1.54, 1.807) is 6.92 Å². The van der Waals surface area contributed by atoms with E-state index in [1.165, 1.54) is 0 Å². The SMILES string of the molecule is [Au].[CH2-]C.[CH3-].[Li]. The van der Waals surface area contributed by atoms with Crippen LogP contribution in [0, 0.1) is 14.4 Å². The third kappa shape index (κ3) is 33.2. The quantitative estimate of drug-likeness (QED) is 0.441. The fraction of sp³-hybridized carbons (Fsp3) is 0.333. The van der Waals surface area contributed by atoms with Gasteiger partial charge < -0.3 is 14.4 Å². The molecular weight excluding hydrogens is 240 g/mol. The van der Waals surface area contributed by atoms with Crippen molar-refractivity contribution in [2.45, 2.75) is 6.92 Å². The molecule has 0 atom stereocenters. The Balaban J connectivity index is -0.00000000167. The van der Waals surface area contributed by atoms with Gasteiger partial charge in [-0.3, -0.25) is 0 Å². The van der Waals surface area contributed by atoms with Crippen molar-refractivity contribution >= 4 is 18.9 Å². The van der Waals surface area contributed by atoms with Gasteiger partial charge in [-0.05, 0) is 0 Å². The van der Waals surface area contributed by atoms with E-state index in [0.717, 1.165) is 0 Å². The average molecular weight is 248 g/mol. The number of hydrogen-bond donors (Lipinski definition) is 0. The Bertz CT molecular complexity index is 6.85. The first-order valence-corrected chi connectivity index (χ1v) is 0.707. The van der Waals surface area contributed by atoms with E-state index < -0.39 is 0 Å². The predicted octanol–water partition coefficient (Wildman–Crippen LogP) is 0.907. The molecule has 0 aromatic rings. The van der Waals surface area contributed by atoms with Crippen LogP contribution in [0.1, 0.15) is 6.92 Å². The molecule has 0 N–H and O–H groups in total. The van der Waals surface area contributed by atoms with Crippen molar-refractivity contribution in [2.75, 3.05) is 0 Å². The summed E-state index contributed by atoms with van der Waals surface area (Å²) in [5.41, 5.74) is 0. The molecule has 0 rings (SSSR count). The van der Waals surface area contributed by atoms with Crippen LogP contribution >= 0.6 is 0 Å². The van der Waals surface area contributed by atoms with Gasteiger partial charge in [0.1, 0.15) is 0 Å². The standard InChI is InChI=1S/C2H5.CH3.Au.Li/c1-2;;;/h1H2,2H3;1H3;;/q2*-1;;. The number of rotatable bonds is 0. The maximum absolute atomic E-state index is 3.25. The Morgan fingerprint density at radius 1 is 1.20 bits per heavy atom. The van der Waals surface area contributed by atoms with E-state index in [2.05, 4.69) is 6.92 Å². The molecule has 0 aliphatic carbocycles. The molecule has 34 valence electrons. The van der Waals surface area contributed by atoms with Crippen molar-refractivity contribution in [3.8, 4) is 0 Å². The van der Waals surface area contributed by atoms with E-state index in [1.807, 2.05) is 0 Å². The van der Waals surface area contributed by atoms with Gasteiger partial charge in [-0.25, -0.2) is 0 Å². The zero-order valence-electron chi connectivity index (χ0n) is 4.01. The Kier molecular flexibility index (Phi) is 371. The van der Waals surface area contributed by atoms with Crippen LogP contribution in [0.2, 0.25) is 0 Å². The second kappa shape index (κ2) is 56.1. The fourth-order valence-electron chi connectivity index (χ4n) is 0. The van der Waals surface area contributed by atoms with Crippen LogP contribution in [0.4, 0.5) is 0 Å². The molecule has 0 spiro atoms. The summed E-state index contributed by atoms with van der Waals surface area (Å²) in [6.07, 6.45) is 0. The Labute approximate surface area is 62.4 Å². The van der Waals surface area contributed by atoms with E-state index in [9.17, 15) is 0 Å². The average Bonchev–Trinajstić information content (AvgIpc) is 1.00. The van der Waals surface area contributed by atoms with Gasteiger partial charge in [0, 0.05) is 41.2 Å². The van der Waals surface area contributed by atoms with Crippen LogP contribution in [0.5, 0.6) is 0 Å². The summed E-state index contributed by atoms with van der Waals surface area (Å²) >= 11 is 0. The smallest absolute Gasteiger partial charge is 0 e. The van der Waals surface area contributed by atoms with Gasteiger partial charge in [0.2, 0.25) is 0 Å². The Morgan fingerprint density at radius 2 is 1.20 bits per heavy atom. The molecule has 0 amide bonds. The molecule has 0 bridgehead atoms. The molecule has 0 nitrogen and oxygen atoms in total. The molecule has 5 heavy (non-hydrogen) atoms. The van der Waals surface area contributed by atoms with Gasteiger partial charge >= 0.3 is 0 Å². The summed E-state index contributed by atoms with van der Waals surface area (Å²) < 4.78 is 0. The number of hydrogen-bond acceptors (Lipinski definition) is 0. The molecule has 0 fully saturated rings. The minimum atomic E-state index is 0. The minimum Gasteiger partial charge on any atom is -0.358 e. The van der Waals surface area contributed by atoms with Crippen LogP contribution in [0.3, 0.4) is 0 Å². The molecule has 0 saturated heterocycles. The summed E-state index contributed by atoms with van der Waals surface area (Å²) in [5, 5.41) is 0. The van der Waals surface area contributed by atoms with Gasteiger partial charge in [0.25, 0.3) is 0 Å². The molecule has 0 aliphatic heterocycles. The summed E-state index contributed by atoms with van der Waals surface area (Å²) in [7, 11) is 0. The molecule has 0 heterocycles. The van der Waals surface area contributed by atoms with E-state index >= 15 is 0 Å². The van der Waals surface area contributed by atoms with E-state index in [4.69, 9.17) is 0 Å².